The third kappa shape index (κ3) is 5.11. The van der Waals surface area contributed by atoms with Crippen molar-refractivity contribution in [2.24, 2.45) is 0 Å². The van der Waals surface area contributed by atoms with Gasteiger partial charge in [-0.3, -0.25) is 4.79 Å². The lowest BCUT2D eigenvalue weighted by molar-refractivity contribution is 0.102. The van der Waals surface area contributed by atoms with E-state index in [0.717, 1.165) is 34.7 Å². The summed E-state index contributed by atoms with van der Waals surface area (Å²) < 4.78 is 13.3. The second-order valence-corrected chi connectivity index (χ2v) is 8.95. The predicted octanol–water partition coefficient (Wildman–Crippen LogP) is 4.96. The predicted molar refractivity (Wildman–Crippen MR) is 123 cm³/mol. The van der Waals surface area contributed by atoms with Crippen LogP contribution in [-0.2, 0) is 0 Å². The molecule has 1 aliphatic heterocycles. The minimum Gasteiger partial charge on any atom is -0.324 e. The Balaban J connectivity index is 1.40. The number of nitrogens with zero attached hydrogens (tertiary/aromatic N) is 3. The van der Waals surface area contributed by atoms with Crippen LogP contribution in [0.15, 0.2) is 42.5 Å². The fraction of sp³-hybridized carbons (Fsp3) is 0.304. The van der Waals surface area contributed by atoms with Gasteiger partial charge in [-0.15, -0.1) is 10.2 Å². The van der Waals surface area contributed by atoms with Crippen molar-refractivity contribution in [3.8, 4) is 0 Å². The molecule has 1 aliphatic rings. The van der Waals surface area contributed by atoms with Gasteiger partial charge in [-0.1, -0.05) is 29.5 Å². The SMILES string of the molecule is Cc1ccc(C)c(NC(=O)N2CCCC(c3nnc(C(=O)Nc4cccc(F)c4)s3)C2)c1. The highest BCUT2D eigenvalue weighted by molar-refractivity contribution is 7.13. The van der Waals surface area contributed by atoms with E-state index < -0.39 is 11.7 Å². The smallest absolute Gasteiger partial charge is 0.321 e. The molecule has 0 bridgehead atoms. The van der Waals surface area contributed by atoms with Crippen molar-refractivity contribution in [2.75, 3.05) is 23.7 Å². The van der Waals surface area contributed by atoms with E-state index in [1.54, 1.807) is 11.0 Å². The van der Waals surface area contributed by atoms with E-state index in [-0.39, 0.29) is 17.0 Å². The monoisotopic (exact) mass is 453 g/mol. The zero-order valence-corrected chi connectivity index (χ0v) is 18.7. The number of likely N-dealkylation sites (tertiary alicyclic amines) is 1. The summed E-state index contributed by atoms with van der Waals surface area (Å²) in [6.07, 6.45) is 1.71. The van der Waals surface area contributed by atoms with Gasteiger partial charge >= 0.3 is 6.03 Å². The number of aryl methyl sites for hydroxylation is 2. The summed E-state index contributed by atoms with van der Waals surface area (Å²) >= 11 is 1.21. The molecule has 0 radical (unpaired) electrons. The van der Waals surface area contributed by atoms with Crippen LogP contribution in [-0.4, -0.2) is 40.1 Å². The van der Waals surface area contributed by atoms with Gasteiger partial charge in [0.05, 0.1) is 0 Å². The van der Waals surface area contributed by atoms with Crippen LogP contribution in [0.4, 0.5) is 20.6 Å². The number of amides is 3. The average Bonchev–Trinajstić information content (AvgIpc) is 3.27. The highest BCUT2D eigenvalue weighted by Crippen LogP contribution is 2.30. The van der Waals surface area contributed by atoms with Crippen molar-refractivity contribution >= 4 is 34.6 Å². The number of carbonyl (C=O) groups excluding carboxylic acids is 2. The molecule has 0 aliphatic carbocycles. The molecule has 1 aromatic heterocycles. The molecule has 4 rings (SSSR count). The van der Waals surface area contributed by atoms with Gasteiger partial charge in [0.15, 0.2) is 0 Å². The molecule has 2 aromatic carbocycles. The molecule has 1 unspecified atom stereocenters. The Kier molecular flexibility index (Phi) is 6.45. The van der Waals surface area contributed by atoms with Gasteiger partial charge < -0.3 is 15.5 Å². The molecule has 3 amide bonds. The first kappa shape index (κ1) is 21.9. The van der Waals surface area contributed by atoms with Gasteiger partial charge in [-0.25, -0.2) is 9.18 Å². The van der Waals surface area contributed by atoms with Crippen molar-refractivity contribution in [3.63, 3.8) is 0 Å². The van der Waals surface area contributed by atoms with Crippen LogP contribution in [0.3, 0.4) is 0 Å². The minimum absolute atomic E-state index is 0.0151. The summed E-state index contributed by atoms with van der Waals surface area (Å²) in [6, 6.07) is 11.5. The number of rotatable bonds is 4. The molecule has 1 atom stereocenters. The van der Waals surface area contributed by atoms with E-state index >= 15 is 0 Å². The molecule has 2 N–H and O–H groups in total. The molecule has 1 saturated heterocycles. The van der Waals surface area contributed by atoms with Gasteiger partial charge in [-0.05, 0) is 62.1 Å². The Labute approximate surface area is 189 Å². The number of piperidine rings is 1. The largest absolute Gasteiger partial charge is 0.324 e. The molecular weight excluding hydrogens is 429 g/mol. The average molecular weight is 454 g/mol. The van der Waals surface area contributed by atoms with Crippen molar-refractivity contribution in [2.45, 2.75) is 32.6 Å². The zero-order valence-electron chi connectivity index (χ0n) is 17.9. The second-order valence-electron chi connectivity index (χ2n) is 7.94. The lowest BCUT2D eigenvalue weighted by Gasteiger charge is -2.31. The van der Waals surface area contributed by atoms with Crippen LogP contribution >= 0.6 is 11.3 Å². The normalized spacial score (nSPS) is 16.0. The summed E-state index contributed by atoms with van der Waals surface area (Å²) in [5.41, 5.74) is 3.26. The lowest BCUT2D eigenvalue weighted by atomic mass is 9.99. The van der Waals surface area contributed by atoms with Crippen LogP contribution in [0.2, 0.25) is 0 Å². The van der Waals surface area contributed by atoms with Crippen LogP contribution < -0.4 is 10.6 Å². The van der Waals surface area contributed by atoms with Gasteiger partial charge in [-0.2, -0.15) is 0 Å². The number of nitrogens with one attached hydrogen (secondary N) is 2. The van der Waals surface area contributed by atoms with E-state index in [1.807, 2.05) is 32.0 Å². The number of benzene rings is 2. The molecule has 1 fully saturated rings. The molecular formula is C23H24FN5O2S. The number of urea groups is 1. The van der Waals surface area contributed by atoms with Gasteiger partial charge in [0.25, 0.3) is 5.91 Å². The minimum atomic E-state index is -0.431. The van der Waals surface area contributed by atoms with Gasteiger partial charge in [0.2, 0.25) is 5.01 Å². The number of halogens is 1. The number of carbonyl (C=O) groups is 2. The third-order valence-electron chi connectivity index (χ3n) is 5.41. The molecule has 0 saturated carbocycles. The first-order chi connectivity index (χ1) is 15.4. The third-order valence-corrected chi connectivity index (χ3v) is 6.49. The zero-order chi connectivity index (χ0) is 22.7. The number of hydrogen-bond donors (Lipinski definition) is 2. The van der Waals surface area contributed by atoms with E-state index in [0.29, 0.717) is 18.8 Å². The van der Waals surface area contributed by atoms with Gasteiger partial charge in [0, 0.05) is 30.4 Å². The van der Waals surface area contributed by atoms with Crippen LogP contribution in [0.5, 0.6) is 0 Å². The molecule has 7 nitrogen and oxygen atoms in total. The summed E-state index contributed by atoms with van der Waals surface area (Å²) in [4.78, 5) is 27.1. The molecule has 32 heavy (non-hydrogen) atoms. The van der Waals surface area contributed by atoms with Crippen LogP contribution in [0.1, 0.15) is 44.7 Å². The van der Waals surface area contributed by atoms with E-state index in [2.05, 4.69) is 20.8 Å². The molecule has 0 spiro atoms. The Hall–Kier alpha value is -3.33. The van der Waals surface area contributed by atoms with Gasteiger partial charge in [0.1, 0.15) is 10.8 Å². The molecule has 166 valence electrons. The molecule has 3 aromatic rings. The first-order valence-electron chi connectivity index (χ1n) is 10.4. The fourth-order valence-corrected chi connectivity index (χ4v) is 4.53. The number of hydrogen-bond acceptors (Lipinski definition) is 5. The van der Waals surface area contributed by atoms with E-state index in [4.69, 9.17) is 0 Å². The number of aromatic nitrogens is 2. The quantitative estimate of drug-likeness (QED) is 0.585. The summed E-state index contributed by atoms with van der Waals surface area (Å²) in [7, 11) is 0. The summed E-state index contributed by atoms with van der Waals surface area (Å²) in [5, 5.41) is 14.8. The highest BCUT2D eigenvalue weighted by Gasteiger charge is 2.28. The molecule has 9 heteroatoms. The molecule has 2 heterocycles. The Bertz CT molecular complexity index is 1150. The highest BCUT2D eigenvalue weighted by atomic mass is 32.1. The van der Waals surface area contributed by atoms with Crippen LogP contribution in [0.25, 0.3) is 0 Å². The summed E-state index contributed by atoms with van der Waals surface area (Å²) in [6.45, 7) is 5.13. The lowest BCUT2D eigenvalue weighted by Crippen LogP contribution is -2.41. The number of anilines is 2. The summed E-state index contributed by atoms with van der Waals surface area (Å²) in [5.74, 6) is -0.844. The maximum absolute atomic E-state index is 13.3. The Morgan fingerprint density at radius 3 is 2.78 bits per heavy atom. The van der Waals surface area contributed by atoms with E-state index in [9.17, 15) is 14.0 Å². The van der Waals surface area contributed by atoms with Crippen molar-refractivity contribution in [3.05, 3.63) is 69.4 Å². The fourth-order valence-electron chi connectivity index (χ4n) is 3.67. The topological polar surface area (TPSA) is 87.2 Å². The maximum atomic E-state index is 13.3. The first-order valence-corrected chi connectivity index (χ1v) is 11.2. The second kappa shape index (κ2) is 9.44. The van der Waals surface area contributed by atoms with E-state index in [1.165, 1.54) is 29.5 Å². The Morgan fingerprint density at radius 2 is 1.97 bits per heavy atom. The standard InChI is InChI=1S/C23H24FN5O2S/c1-14-8-9-15(2)19(11-14)26-23(31)29-10-4-5-16(13-29)21-27-28-22(32-21)20(30)25-18-7-3-6-17(24)12-18/h3,6-9,11-12,16H,4-5,10,13H2,1-2H3,(H,25,30)(H,26,31). The van der Waals surface area contributed by atoms with Crippen molar-refractivity contribution < 1.29 is 14.0 Å². The van der Waals surface area contributed by atoms with Crippen LogP contribution in [0, 0.1) is 19.7 Å². The van der Waals surface area contributed by atoms with Crippen molar-refractivity contribution in [1.82, 2.24) is 15.1 Å². The van der Waals surface area contributed by atoms with Crippen molar-refractivity contribution in [1.29, 1.82) is 0 Å². The Morgan fingerprint density at radius 1 is 1.12 bits per heavy atom. The maximum Gasteiger partial charge on any atom is 0.321 e.